The Bertz CT molecular complexity index is 384. The number of hydrogen-bond acceptors (Lipinski definition) is 3. The van der Waals surface area contributed by atoms with Gasteiger partial charge >= 0.3 is 5.97 Å². The van der Waals surface area contributed by atoms with E-state index in [1.54, 1.807) is 0 Å². The first-order valence-corrected chi connectivity index (χ1v) is 3.78. The third-order valence-electron chi connectivity index (χ3n) is 1.50. The van der Waals surface area contributed by atoms with Gasteiger partial charge < -0.3 is 10.8 Å². The highest BCUT2D eigenvalue weighted by molar-refractivity contribution is 6.29. The highest BCUT2D eigenvalue weighted by Crippen LogP contribution is 2.28. The predicted octanol–water partition coefficient (Wildman–Crippen LogP) is 1.95. The summed E-state index contributed by atoms with van der Waals surface area (Å²) in [6, 6.07) is 0.784. The number of carboxylic acid groups (broad SMARTS) is 1. The van der Waals surface area contributed by atoms with Gasteiger partial charge in [0.05, 0.1) is 0 Å². The van der Waals surface area contributed by atoms with Crippen molar-refractivity contribution in [3.8, 4) is 0 Å². The zero-order chi connectivity index (χ0) is 10.9. The normalized spacial score (nSPS) is 10.6. The van der Waals surface area contributed by atoms with E-state index in [9.17, 15) is 13.6 Å². The minimum absolute atomic E-state index is 0.261. The number of nitrogens with two attached hydrogens (primary N) is 1. The summed E-state index contributed by atoms with van der Waals surface area (Å²) < 4.78 is 24.7. The first-order valence-electron chi connectivity index (χ1n) is 3.41. The van der Waals surface area contributed by atoms with E-state index in [4.69, 9.17) is 22.4 Å². The molecule has 0 radical (unpaired) electrons. The van der Waals surface area contributed by atoms with Gasteiger partial charge in [-0.1, -0.05) is 11.6 Å². The molecule has 0 fully saturated rings. The summed E-state index contributed by atoms with van der Waals surface area (Å²) in [6.07, 6.45) is -2.95. The number of carboxylic acids is 1. The lowest BCUT2D eigenvalue weighted by atomic mass is 10.1. The van der Waals surface area contributed by atoms with E-state index in [0.29, 0.717) is 0 Å². The first-order chi connectivity index (χ1) is 6.43. The van der Waals surface area contributed by atoms with Crippen LogP contribution in [0.2, 0.25) is 5.15 Å². The number of nitrogens with zero attached hydrogens (tertiary/aromatic N) is 1. The number of hydrogen-bond donors (Lipinski definition) is 2. The van der Waals surface area contributed by atoms with Gasteiger partial charge in [0.15, 0.2) is 0 Å². The van der Waals surface area contributed by atoms with Crippen molar-refractivity contribution >= 4 is 23.4 Å². The summed E-state index contributed by atoms with van der Waals surface area (Å²) in [5, 5.41) is 8.33. The van der Waals surface area contributed by atoms with E-state index in [0.717, 1.165) is 6.07 Å². The molecule has 1 heterocycles. The van der Waals surface area contributed by atoms with Crippen LogP contribution in [0.5, 0.6) is 0 Å². The first kappa shape index (κ1) is 10.6. The summed E-state index contributed by atoms with van der Waals surface area (Å²) in [6.45, 7) is 0. The van der Waals surface area contributed by atoms with Crippen LogP contribution in [-0.4, -0.2) is 16.1 Å². The van der Waals surface area contributed by atoms with Gasteiger partial charge in [0, 0.05) is 5.56 Å². The van der Waals surface area contributed by atoms with Crippen LogP contribution in [0, 0.1) is 0 Å². The molecule has 0 aliphatic heterocycles. The molecule has 0 saturated carbocycles. The molecule has 14 heavy (non-hydrogen) atoms. The molecule has 0 aliphatic carbocycles. The molecule has 1 rings (SSSR count). The minimum atomic E-state index is -2.95. The molecule has 0 atom stereocenters. The Balaban J connectivity index is 3.44. The van der Waals surface area contributed by atoms with Crippen LogP contribution in [0.3, 0.4) is 0 Å². The van der Waals surface area contributed by atoms with Crippen molar-refractivity contribution in [1.82, 2.24) is 4.98 Å². The lowest BCUT2D eigenvalue weighted by Gasteiger charge is -2.07. The Kier molecular flexibility index (Phi) is 2.85. The van der Waals surface area contributed by atoms with E-state index in [1.807, 2.05) is 0 Å². The molecule has 0 aliphatic rings. The van der Waals surface area contributed by atoms with Crippen molar-refractivity contribution < 1.29 is 18.7 Å². The summed E-state index contributed by atoms with van der Waals surface area (Å²) in [5.74, 6) is -2.07. The van der Waals surface area contributed by atoms with Crippen molar-refractivity contribution in [2.24, 2.45) is 0 Å². The maximum atomic E-state index is 12.3. The molecule has 0 aromatic carbocycles. The Morgan fingerprint density at radius 2 is 2.21 bits per heavy atom. The molecule has 0 saturated heterocycles. The topological polar surface area (TPSA) is 76.2 Å². The SMILES string of the molecule is Nc1nc(Cl)cc(C(F)F)c1C(=O)O. The van der Waals surface area contributed by atoms with Gasteiger partial charge in [-0.05, 0) is 6.07 Å². The second-order valence-corrected chi connectivity index (χ2v) is 2.79. The second kappa shape index (κ2) is 3.75. The number of carbonyl (C=O) groups is 1. The summed E-state index contributed by atoms with van der Waals surface area (Å²) in [5.41, 5.74) is 3.72. The molecule has 3 N–H and O–H groups in total. The monoisotopic (exact) mass is 222 g/mol. The zero-order valence-corrected chi connectivity index (χ0v) is 7.42. The highest BCUT2D eigenvalue weighted by atomic mass is 35.5. The number of alkyl halides is 2. The van der Waals surface area contributed by atoms with Crippen molar-refractivity contribution in [3.63, 3.8) is 0 Å². The van der Waals surface area contributed by atoms with E-state index >= 15 is 0 Å². The average Bonchev–Trinajstić information content (AvgIpc) is 2.01. The molecular formula is C7H5ClF2N2O2. The molecule has 4 nitrogen and oxygen atoms in total. The van der Waals surface area contributed by atoms with E-state index < -0.39 is 29.3 Å². The Morgan fingerprint density at radius 3 is 2.64 bits per heavy atom. The lowest BCUT2D eigenvalue weighted by molar-refractivity contribution is 0.0685. The molecule has 76 valence electrons. The van der Waals surface area contributed by atoms with Crippen LogP contribution >= 0.6 is 11.6 Å². The quantitative estimate of drug-likeness (QED) is 0.750. The third kappa shape index (κ3) is 1.90. The zero-order valence-electron chi connectivity index (χ0n) is 6.67. The van der Waals surface area contributed by atoms with E-state index in [-0.39, 0.29) is 5.15 Å². The Morgan fingerprint density at radius 1 is 1.64 bits per heavy atom. The van der Waals surface area contributed by atoms with E-state index in [1.165, 1.54) is 0 Å². The van der Waals surface area contributed by atoms with Gasteiger partial charge in [-0.3, -0.25) is 0 Å². The standard InChI is InChI=1S/C7H5ClF2N2O2/c8-3-1-2(5(9)10)4(7(13)14)6(11)12-3/h1,5H,(H2,11,12)(H,13,14). The fourth-order valence-electron chi connectivity index (χ4n) is 0.957. The molecular weight excluding hydrogens is 218 g/mol. The molecule has 1 aromatic heterocycles. The van der Waals surface area contributed by atoms with Gasteiger partial charge in [-0.25, -0.2) is 18.6 Å². The molecule has 0 amide bonds. The summed E-state index contributed by atoms with van der Waals surface area (Å²) in [7, 11) is 0. The van der Waals surface area contributed by atoms with Gasteiger partial charge in [0.25, 0.3) is 6.43 Å². The van der Waals surface area contributed by atoms with Crippen molar-refractivity contribution in [2.75, 3.05) is 5.73 Å². The van der Waals surface area contributed by atoms with Crippen molar-refractivity contribution in [2.45, 2.75) is 6.43 Å². The molecule has 1 aromatic rings. The van der Waals surface area contributed by atoms with E-state index in [2.05, 4.69) is 4.98 Å². The number of pyridine rings is 1. The molecule has 0 unspecified atom stereocenters. The lowest BCUT2D eigenvalue weighted by Crippen LogP contribution is -2.09. The van der Waals surface area contributed by atoms with Gasteiger partial charge in [-0.2, -0.15) is 0 Å². The third-order valence-corrected chi connectivity index (χ3v) is 1.69. The molecule has 0 bridgehead atoms. The molecule has 7 heteroatoms. The van der Waals surface area contributed by atoms with Gasteiger partial charge in [0.2, 0.25) is 0 Å². The van der Waals surface area contributed by atoms with Crippen LogP contribution in [-0.2, 0) is 0 Å². The van der Waals surface area contributed by atoms with Gasteiger partial charge in [0.1, 0.15) is 16.5 Å². The number of rotatable bonds is 2. The maximum absolute atomic E-state index is 12.3. The van der Waals surface area contributed by atoms with Crippen molar-refractivity contribution in [1.29, 1.82) is 0 Å². The fourth-order valence-corrected chi connectivity index (χ4v) is 1.17. The Labute approximate surface area is 82.3 Å². The smallest absolute Gasteiger partial charge is 0.339 e. The summed E-state index contributed by atoms with van der Waals surface area (Å²) >= 11 is 5.35. The van der Waals surface area contributed by atoms with Gasteiger partial charge in [-0.15, -0.1) is 0 Å². The van der Waals surface area contributed by atoms with Crippen LogP contribution in [0.15, 0.2) is 6.07 Å². The average molecular weight is 223 g/mol. The number of anilines is 1. The highest BCUT2D eigenvalue weighted by Gasteiger charge is 2.22. The van der Waals surface area contributed by atoms with Crippen LogP contribution < -0.4 is 5.73 Å². The second-order valence-electron chi connectivity index (χ2n) is 2.40. The largest absolute Gasteiger partial charge is 0.478 e. The fraction of sp³-hybridized carbons (Fsp3) is 0.143. The predicted molar refractivity (Wildman–Crippen MR) is 45.6 cm³/mol. The molecule has 0 spiro atoms. The minimum Gasteiger partial charge on any atom is -0.478 e. The Hall–Kier alpha value is -1.43. The van der Waals surface area contributed by atoms with Crippen LogP contribution in [0.4, 0.5) is 14.6 Å². The van der Waals surface area contributed by atoms with Crippen molar-refractivity contribution in [3.05, 3.63) is 22.3 Å². The number of nitrogen functional groups attached to an aromatic ring is 1. The van der Waals surface area contributed by atoms with Crippen LogP contribution in [0.1, 0.15) is 22.3 Å². The van der Waals surface area contributed by atoms with Crippen LogP contribution in [0.25, 0.3) is 0 Å². The maximum Gasteiger partial charge on any atom is 0.339 e. The number of halogens is 3. The number of aromatic carboxylic acids is 1. The summed E-state index contributed by atoms with van der Waals surface area (Å²) in [4.78, 5) is 13.9. The number of aromatic nitrogens is 1.